The van der Waals surface area contributed by atoms with E-state index in [1.807, 2.05) is 0 Å². The number of alkyl halides is 1. The van der Waals surface area contributed by atoms with Gasteiger partial charge in [-0.05, 0) is 25.2 Å². The normalized spacial score (nSPS) is 21.5. The van der Waals surface area contributed by atoms with Crippen LogP contribution in [0.4, 0.5) is 0 Å². The summed E-state index contributed by atoms with van der Waals surface area (Å²) in [5, 5.41) is 0. The Morgan fingerprint density at radius 2 is 1.92 bits per heavy atom. The summed E-state index contributed by atoms with van der Waals surface area (Å²) in [5.41, 5.74) is 0. The second kappa shape index (κ2) is 6.01. The van der Waals surface area contributed by atoms with Crippen molar-refractivity contribution in [1.82, 2.24) is 0 Å². The Labute approximate surface area is 85.3 Å². The van der Waals surface area contributed by atoms with Crippen LogP contribution in [0.15, 0.2) is 0 Å². The maximum absolute atomic E-state index is 3.75. The monoisotopic (exact) mass is 232 g/mol. The third-order valence-electron chi connectivity index (χ3n) is 2.96. The van der Waals surface area contributed by atoms with Gasteiger partial charge in [-0.25, -0.2) is 0 Å². The molecule has 0 saturated heterocycles. The molecule has 72 valence electrons. The second-order valence-corrected chi connectivity index (χ2v) is 5.41. The fourth-order valence-electron chi connectivity index (χ4n) is 2.17. The first kappa shape index (κ1) is 10.6. The second-order valence-electron chi connectivity index (χ2n) is 4.11. The van der Waals surface area contributed by atoms with Crippen molar-refractivity contribution in [3.63, 3.8) is 0 Å². The lowest BCUT2D eigenvalue weighted by Gasteiger charge is -2.12. The van der Waals surface area contributed by atoms with Crippen molar-refractivity contribution in [3.05, 3.63) is 0 Å². The van der Waals surface area contributed by atoms with Crippen LogP contribution >= 0.6 is 15.9 Å². The highest BCUT2D eigenvalue weighted by molar-refractivity contribution is 9.09. The van der Waals surface area contributed by atoms with Gasteiger partial charge in [0, 0.05) is 4.83 Å². The molecule has 0 heterocycles. The minimum atomic E-state index is 0.795. The van der Waals surface area contributed by atoms with Gasteiger partial charge in [0.2, 0.25) is 0 Å². The highest BCUT2D eigenvalue weighted by atomic mass is 79.9. The summed E-state index contributed by atoms with van der Waals surface area (Å²) in [6.07, 6.45) is 11.5. The summed E-state index contributed by atoms with van der Waals surface area (Å²) < 4.78 is 0. The predicted molar refractivity (Wildman–Crippen MR) is 58.8 cm³/mol. The third kappa shape index (κ3) is 3.93. The number of hydrogen-bond acceptors (Lipinski definition) is 0. The predicted octanol–water partition coefficient (Wildman–Crippen LogP) is 4.52. The lowest BCUT2D eigenvalue weighted by molar-refractivity contribution is 0.474. The van der Waals surface area contributed by atoms with E-state index >= 15 is 0 Å². The Balaban J connectivity index is 1.99. The van der Waals surface area contributed by atoms with Crippen LogP contribution in [-0.2, 0) is 0 Å². The first-order valence-corrected chi connectivity index (χ1v) is 6.38. The molecular weight excluding hydrogens is 212 g/mol. The van der Waals surface area contributed by atoms with Gasteiger partial charge in [-0.2, -0.15) is 0 Å². The first-order valence-electron chi connectivity index (χ1n) is 5.47. The van der Waals surface area contributed by atoms with Crippen LogP contribution in [-0.4, -0.2) is 4.83 Å². The minimum absolute atomic E-state index is 0.795. The van der Waals surface area contributed by atoms with Crippen LogP contribution in [0.2, 0.25) is 0 Å². The van der Waals surface area contributed by atoms with E-state index in [0.29, 0.717) is 0 Å². The molecule has 1 heteroatoms. The zero-order valence-corrected chi connectivity index (χ0v) is 9.78. The van der Waals surface area contributed by atoms with Gasteiger partial charge in [0.1, 0.15) is 0 Å². The van der Waals surface area contributed by atoms with Gasteiger partial charge in [-0.1, -0.05) is 55.0 Å². The molecule has 0 spiro atoms. The van der Waals surface area contributed by atoms with E-state index in [9.17, 15) is 0 Å². The third-order valence-corrected chi connectivity index (χ3v) is 3.88. The summed E-state index contributed by atoms with van der Waals surface area (Å²) in [4.78, 5) is 0.795. The molecule has 1 fully saturated rings. The molecule has 0 nitrogen and oxygen atoms in total. The molecule has 0 bridgehead atoms. The summed E-state index contributed by atoms with van der Waals surface area (Å²) >= 11 is 3.75. The van der Waals surface area contributed by atoms with Crippen molar-refractivity contribution < 1.29 is 0 Å². The molecule has 0 N–H and O–H groups in total. The average molecular weight is 233 g/mol. The lowest BCUT2D eigenvalue weighted by atomic mass is 9.99. The Kier molecular flexibility index (Phi) is 5.29. The molecule has 1 rings (SSSR count). The summed E-state index contributed by atoms with van der Waals surface area (Å²) in [6, 6.07) is 0. The van der Waals surface area contributed by atoms with E-state index in [4.69, 9.17) is 0 Å². The van der Waals surface area contributed by atoms with Crippen LogP contribution in [0.25, 0.3) is 0 Å². The van der Waals surface area contributed by atoms with Crippen molar-refractivity contribution in [3.8, 4) is 0 Å². The Hall–Kier alpha value is 0.480. The zero-order chi connectivity index (χ0) is 8.81. The van der Waals surface area contributed by atoms with Crippen molar-refractivity contribution >= 4 is 15.9 Å². The molecule has 0 aromatic heterocycles. The van der Waals surface area contributed by atoms with E-state index < -0.39 is 0 Å². The van der Waals surface area contributed by atoms with Crippen molar-refractivity contribution in [2.45, 2.75) is 63.1 Å². The molecule has 0 radical (unpaired) electrons. The van der Waals surface area contributed by atoms with E-state index in [1.165, 1.54) is 51.4 Å². The molecule has 0 aliphatic heterocycles. The topological polar surface area (TPSA) is 0 Å². The van der Waals surface area contributed by atoms with Gasteiger partial charge in [0.25, 0.3) is 0 Å². The smallest absolute Gasteiger partial charge is 0.0145 e. The van der Waals surface area contributed by atoms with Gasteiger partial charge in [-0.3, -0.25) is 0 Å². The maximum Gasteiger partial charge on any atom is 0.0145 e. The van der Waals surface area contributed by atoms with Gasteiger partial charge in [-0.15, -0.1) is 0 Å². The molecule has 0 aromatic rings. The fourth-order valence-corrected chi connectivity index (χ4v) is 2.90. The highest BCUT2D eigenvalue weighted by Gasteiger charge is 2.15. The Bertz CT molecular complexity index is 106. The summed E-state index contributed by atoms with van der Waals surface area (Å²) in [7, 11) is 0. The zero-order valence-electron chi connectivity index (χ0n) is 8.19. The number of rotatable bonds is 5. The molecular formula is C11H21Br. The minimum Gasteiger partial charge on any atom is -0.0891 e. The standard InChI is InChI=1S/C11H21Br/c1-2-5-11(12)9-8-10-6-3-4-7-10/h10-11H,2-9H2,1H3. The summed E-state index contributed by atoms with van der Waals surface area (Å²) in [5.74, 6) is 1.07. The Morgan fingerprint density at radius 1 is 1.25 bits per heavy atom. The molecule has 1 aliphatic carbocycles. The van der Waals surface area contributed by atoms with Crippen molar-refractivity contribution in [2.24, 2.45) is 5.92 Å². The number of halogens is 1. The van der Waals surface area contributed by atoms with E-state index in [1.54, 1.807) is 0 Å². The van der Waals surface area contributed by atoms with Gasteiger partial charge >= 0.3 is 0 Å². The molecule has 1 aliphatic rings. The Morgan fingerprint density at radius 3 is 2.50 bits per heavy atom. The van der Waals surface area contributed by atoms with Gasteiger partial charge in [0.15, 0.2) is 0 Å². The first-order chi connectivity index (χ1) is 5.83. The average Bonchev–Trinajstić information content (AvgIpc) is 2.53. The largest absolute Gasteiger partial charge is 0.0891 e. The van der Waals surface area contributed by atoms with Crippen LogP contribution in [0.1, 0.15) is 58.3 Å². The van der Waals surface area contributed by atoms with Crippen LogP contribution < -0.4 is 0 Å². The molecule has 1 atom stereocenters. The SMILES string of the molecule is CCCC(Br)CCC1CCCC1. The fraction of sp³-hybridized carbons (Fsp3) is 1.00. The maximum atomic E-state index is 3.75. The molecule has 1 saturated carbocycles. The van der Waals surface area contributed by atoms with Gasteiger partial charge in [0.05, 0.1) is 0 Å². The molecule has 0 amide bonds. The van der Waals surface area contributed by atoms with E-state index in [2.05, 4.69) is 22.9 Å². The molecule has 12 heavy (non-hydrogen) atoms. The van der Waals surface area contributed by atoms with Gasteiger partial charge < -0.3 is 0 Å². The lowest BCUT2D eigenvalue weighted by Crippen LogP contribution is -2.01. The van der Waals surface area contributed by atoms with Crippen LogP contribution in [0.5, 0.6) is 0 Å². The van der Waals surface area contributed by atoms with E-state index in [0.717, 1.165) is 10.7 Å². The summed E-state index contributed by atoms with van der Waals surface area (Å²) in [6.45, 7) is 2.27. The number of hydrogen-bond donors (Lipinski definition) is 0. The molecule has 1 unspecified atom stereocenters. The van der Waals surface area contributed by atoms with Crippen molar-refractivity contribution in [1.29, 1.82) is 0 Å². The quantitative estimate of drug-likeness (QED) is 0.612. The van der Waals surface area contributed by atoms with Crippen molar-refractivity contribution in [2.75, 3.05) is 0 Å². The highest BCUT2D eigenvalue weighted by Crippen LogP contribution is 2.30. The molecule has 0 aromatic carbocycles. The van der Waals surface area contributed by atoms with E-state index in [-0.39, 0.29) is 0 Å². The van der Waals surface area contributed by atoms with Crippen LogP contribution in [0.3, 0.4) is 0 Å². The van der Waals surface area contributed by atoms with Crippen LogP contribution in [0, 0.1) is 5.92 Å².